The maximum absolute atomic E-state index is 13.4. The van der Waals surface area contributed by atoms with Gasteiger partial charge in [-0.3, -0.25) is 5.41 Å². The lowest BCUT2D eigenvalue weighted by Gasteiger charge is -2.06. The first-order chi connectivity index (χ1) is 8.00. The first-order valence-electron chi connectivity index (χ1n) is 4.99. The van der Waals surface area contributed by atoms with E-state index in [9.17, 15) is 4.39 Å². The number of thioether (sulfide) groups is 1. The van der Waals surface area contributed by atoms with E-state index in [1.54, 1.807) is 24.4 Å². The highest BCUT2D eigenvalue weighted by atomic mass is 35.5. The Labute approximate surface area is 110 Å². The van der Waals surface area contributed by atoms with E-state index in [-0.39, 0.29) is 5.82 Å². The van der Waals surface area contributed by atoms with E-state index in [0.717, 1.165) is 0 Å². The van der Waals surface area contributed by atoms with Crippen LogP contribution in [-0.4, -0.2) is 24.0 Å². The molecule has 0 aliphatic heterocycles. The molecule has 0 radical (unpaired) electrons. The molecule has 0 spiro atoms. The number of halogens is 2. The summed E-state index contributed by atoms with van der Waals surface area (Å²) in [5.74, 6) is 0.0386. The van der Waals surface area contributed by atoms with E-state index in [0.29, 0.717) is 21.4 Å². The summed E-state index contributed by atoms with van der Waals surface area (Å²) < 4.78 is 13.4. The Kier molecular flexibility index (Phi) is 5.51. The summed E-state index contributed by atoms with van der Waals surface area (Å²) in [7, 11) is 3.75. The lowest BCUT2D eigenvalue weighted by atomic mass is 10.2. The van der Waals surface area contributed by atoms with Crippen LogP contribution >= 0.6 is 23.4 Å². The molecule has 2 nitrogen and oxygen atoms in total. The van der Waals surface area contributed by atoms with Gasteiger partial charge in [0.15, 0.2) is 0 Å². The summed E-state index contributed by atoms with van der Waals surface area (Å²) in [6.45, 7) is 0. The second-order valence-corrected chi connectivity index (χ2v) is 5.06. The molecule has 5 heteroatoms. The molecule has 0 aliphatic rings. The number of nitrogens with zero attached hydrogens (tertiary/aromatic N) is 1. The third-order valence-electron chi connectivity index (χ3n) is 1.96. The maximum Gasteiger partial charge on any atom is 0.128 e. The van der Waals surface area contributed by atoms with Crippen LogP contribution in [0.3, 0.4) is 0 Å². The Morgan fingerprint density at radius 3 is 2.82 bits per heavy atom. The Bertz CT molecular complexity index is 412. The first-order valence-corrected chi connectivity index (χ1v) is 6.36. The Balaban J connectivity index is 2.59. The van der Waals surface area contributed by atoms with Crippen molar-refractivity contribution in [3.8, 4) is 0 Å². The van der Waals surface area contributed by atoms with Crippen LogP contribution in [0, 0.1) is 11.2 Å². The molecule has 1 N–H and O–H groups in total. The summed E-state index contributed by atoms with van der Waals surface area (Å²) >= 11 is 7.14. The topological polar surface area (TPSA) is 27.1 Å². The Hall–Kier alpha value is -1.00. The molecular formula is C12H14ClFN2S. The standard InChI is InChI=1S/C12H14ClFN2S/c1-16(2)7-6-12(15)17-8-9-10(13)4-3-5-11(9)14/h3-7,15H,8H2,1-2H3/b7-6+,15-12?. The van der Waals surface area contributed by atoms with E-state index in [1.165, 1.54) is 17.8 Å². The SMILES string of the molecule is CN(C)/C=C/C(=N)SCc1c(F)cccc1Cl. The van der Waals surface area contributed by atoms with Gasteiger partial charge in [-0.1, -0.05) is 17.7 Å². The fourth-order valence-electron chi connectivity index (χ4n) is 1.09. The smallest absolute Gasteiger partial charge is 0.128 e. The largest absolute Gasteiger partial charge is 0.383 e. The zero-order chi connectivity index (χ0) is 12.8. The molecule has 0 unspecified atom stereocenters. The van der Waals surface area contributed by atoms with Crippen molar-refractivity contribution in [2.24, 2.45) is 0 Å². The minimum Gasteiger partial charge on any atom is -0.383 e. The van der Waals surface area contributed by atoms with Crippen LogP contribution in [0.2, 0.25) is 5.02 Å². The second kappa shape index (κ2) is 6.67. The van der Waals surface area contributed by atoms with Crippen LogP contribution in [0.25, 0.3) is 0 Å². The summed E-state index contributed by atoms with van der Waals surface area (Å²) in [4.78, 5) is 1.84. The number of benzene rings is 1. The number of rotatable bonds is 4. The zero-order valence-corrected chi connectivity index (χ0v) is 11.3. The highest BCUT2D eigenvalue weighted by molar-refractivity contribution is 8.13. The van der Waals surface area contributed by atoms with Crippen LogP contribution < -0.4 is 0 Å². The molecule has 92 valence electrons. The lowest BCUT2D eigenvalue weighted by molar-refractivity contribution is 0.564. The van der Waals surface area contributed by atoms with Gasteiger partial charge in [0.1, 0.15) is 5.82 Å². The quantitative estimate of drug-likeness (QED) is 0.667. The van der Waals surface area contributed by atoms with Gasteiger partial charge in [-0.2, -0.15) is 0 Å². The molecule has 0 amide bonds. The van der Waals surface area contributed by atoms with Gasteiger partial charge in [0.25, 0.3) is 0 Å². The molecule has 0 saturated heterocycles. The summed E-state index contributed by atoms with van der Waals surface area (Å²) in [5, 5.41) is 8.43. The van der Waals surface area contributed by atoms with E-state index in [4.69, 9.17) is 17.0 Å². The van der Waals surface area contributed by atoms with E-state index >= 15 is 0 Å². The molecule has 1 rings (SSSR count). The minimum absolute atomic E-state index is 0.325. The lowest BCUT2D eigenvalue weighted by Crippen LogP contribution is -2.01. The molecule has 0 aromatic heterocycles. The summed E-state index contributed by atoms with van der Waals surface area (Å²) in [6.07, 6.45) is 3.44. The highest BCUT2D eigenvalue weighted by Gasteiger charge is 2.07. The highest BCUT2D eigenvalue weighted by Crippen LogP contribution is 2.24. The fourth-order valence-corrected chi connectivity index (χ4v) is 2.14. The fraction of sp³-hybridized carbons (Fsp3) is 0.250. The Morgan fingerprint density at radius 1 is 1.53 bits per heavy atom. The van der Waals surface area contributed by atoms with Crippen molar-refractivity contribution in [3.05, 3.63) is 46.9 Å². The van der Waals surface area contributed by atoms with Gasteiger partial charge < -0.3 is 4.90 Å². The van der Waals surface area contributed by atoms with Crippen molar-refractivity contribution in [1.82, 2.24) is 4.90 Å². The molecule has 0 bridgehead atoms. The molecular weight excluding hydrogens is 259 g/mol. The minimum atomic E-state index is -0.325. The van der Waals surface area contributed by atoms with E-state index < -0.39 is 0 Å². The van der Waals surface area contributed by atoms with Gasteiger partial charge in [0.2, 0.25) is 0 Å². The van der Waals surface area contributed by atoms with E-state index in [1.807, 2.05) is 19.0 Å². The first kappa shape index (κ1) is 14.1. The van der Waals surface area contributed by atoms with Crippen molar-refractivity contribution in [2.45, 2.75) is 5.75 Å². The van der Waals surface area contributed by atoms with Gasteiger partial charge in [0.05, 0.1) is 5.04 Å². The van der Waals surface area contributed by atoms with E-state index in [2.05, 4.69) is 0 Å². The average Bonchev–Trinajstić information content (AvgIpc) is 2.25. The van der Waals surface area contributed by atoms with Crippen molar-refractivity contribution in [1.29, 1.82) is 5.41 Å². The normalized spacial score (nSPS) is 10.8. The van der Waals surface area contributed by atoms with Gasteiger partial charge in [-0.15, -0.1) is 11.8 Å². The molecule has 1 aromatic carbocycles. The summed E-state index contributed by atoms with van der Waals surface area (Å²) in [5.41, 5.74) is 0.446. The predicted molar refractivity (Wildman–Crippen MR) is 73.3 cm³/mol. The van der Waals surface area contributed by atoms with Crippen molar-refractivity contribution < 1.29 is 4.39 Å². The summed E-state index contributed by atoms with van der Waals surface area (Å²) in [6, 6.07) is 4.60. The third kappa shape index (κ3) is 4.79. The van der Waals surface area contributed by atoms with Crippen LogP contribution in [0.5, 0.6) is 0 Å². The number of hydrogen-bond acceptors (Lipinski definition) is 3. The molecule has 0 heterocycles. The van der Waals surface area contributed by atoms with Crippen LogP contribution in [0.15, 0.2) is 30.5 Å². The van der Waals surface area contributed by atoms with Crippen LogP contribution in [-0.2, 0) is 5.75 Å². The van der Waals surface area contributed by atoms with Crippen LogP contribution in [0.4, 0.5) is 4.39 Å². The maximum atomic E-state index is 13.4. The molecule has 1 aromatic rings. The molecule has 17 heavy (non-hydrogen) atoms. The zero-order valence-electron chi connectivity index (χ0n) is 9.71. The van der Waals surface area contributed by atoms with Gasteiger partial charge in [0, 0.05) is 36.6 Å². The van der Waals surface area contributed by atoms with Crippen LogP contribution in [0.1, 0.15) is 5.56 Å². The predicted octanol–water partition coefficient (Wildman–Crippen LogP) is 3.76. The molecule has 0 atom stereocenters. The number of hydrogen-bond donors (Lipinski definition) is 1. The van der Waals surface area contributed by atoms with Gasteiger partial charge in [-0.05, 0) is 18.2 Å². The average molecular weight is 273 g/mol. The van der Waals surface area contributed by atoms with Gasteiger partial charge >= 0.3 is 0 Å². The second-order valence-electron chi connectivity index (χ2n) is 3.63. The monoisotopic (exact) mass is 272 g/mol. The van der Waals surface area contributed by atoms with Crippen molar-refractivity contribution in [2.75, 3.05) is 14.1 Å². The molecule has 0 saturated carbocycles. The number of nitrogens with one attached hydrogen (secondary N) is 1. The molecule has 0 fully saturated rings. The molecule has 0 aliphatic carbocycles. The van der Waals surface area contributed by atoms with Gasteiger partial charge in [-0.25, -0.2) is 4.39 Å². The third-order valence-corrected chi connectivity index (χ3v) is 3.19. The van der Waals surface area contributed by atoms with Crippen molar-refractivity contribution in [3.63, 3.8) is 0 Å². The Morgan fingerprint density at radius 2 is 2.24 bits per heavy atom. The van der Waals surface area contributed by atoms with Crippen molar-refractivity contribution >= 4 is 28.4 Å².